The summed E-state index contributed by atoms with van der Waals surface area (Å²) in [4.78, 5) is 33.5. The molecule has 2 aromatic carbocycles. The monoisotopic (exact) mass is 731 g/mol. The molecule has 10 nitrogen and oxygen atoms in total. The van der Waals surface area contributed by atoms with Gasteiger partial charge in [0, 0.05) is 61.9 Å². The predicted molar refractivity (Wildman–Crippen MR) is 207 cm³/mol. The van der Waals surface area contributed by atoms with E-state index in [1.165, 1.54) is 6.42 Å². The van der Waals surface area contributed by atoms with Gasteiger partial charge in [-0.25, -0.2) is 9.98 Å². The van der Waals surface area contributed by atoms with Crippen LogP contribution in [0.15, 0.2) is 46.2 Å². The SMILES string of the molecule is C[C@H]1[C@@H](NC(=Nc2ccc3c(=O)n(CCc4ccc(Cl)cc4Cl)c(N4CCN(C)CC4)nc3c2)N2C[C@@H](C)N(C#N)[C@@H](C)C2)C[C@H]2C[C@H]1C2(C)C. The van der Waals surface area contributed by atoms with Gasteiger partial charge in [-0.05, 0) is 99.2 Å². The summed E-state index contributed by atoms with van der Waals surface area (Å²) in [5.74, 6) is 3.45. The lowest BCUT2D eigenvalue weighted by molar-refractivity contribution is -0.112. The van der Waals surface area contributed by atoms with E-state index < -0.39 is 0 Å². The molecule has 1 aromatic heterocycles. The van der Waals surface area contributed by atoms with Crippen LogP contribution in [-0.4, -0.2) is 94.7 Å². The maximum Gasteiger partial charge on any atom is 0.262 e. The molecule has 0 radical (unpaired) electrons. The van der Waals surface area contributed by atoms with Gasteiger partial charge in [0.1, 0.15) is 0 Å². The summed E-state index contributed by atoms with van der Waals surface area (Å²) in [7, 11) is 2.12. The van der Waals surface area contributed by atoms with Crippen LogP contribution in [0.5, 0.6) is 0 Å². The van der Waals surface area contributed by atoms with Crippen molar-refractivity contribution in [3.63, 3.8) is 0 Å². The topological polar surface area (TPSA) is 96.0 Å². The summed E-state index contributed by atoms with van der Waals surface area (Å²) < 4.78 is 1.81. The third-order valence-corrected chi connectivity index (χ3v) is 13.1. The number of nitrogens with one attached hydrogen (secondary N) is 1. The molecule has 0 spiro atoms. The second-order valence-electron chi connectivity index (χ2n) is 16.1. The Kier molecular flexibility index (Phi) is 9.94. The van der Waals surface area contributed by atoms with Crippen LogP contribution in [0, 0.1) is 34.6 Å². The van der Waals surface area contributed by atoms with Gasteiger partial charge in [0.15, 0.2) is 12.2 Å². The molecule has 1 N–H and O–H groups in total. The summed E-state index contributed by atoms with van der Waals surface area (Å²) in [6, 6.07) is 11.7. The maximum absolute atomic E-state index is 14.3. The Bertz CT molecular complexity index is 1900. The number of benzene rings is 2. The van der Waals surface area contributed by atoms with E-state index in [0.29, 0.717) is 82.2 Å². The molecule has 3 aromatic rings. The van der Waals surface area contributed by atoms with Crippen molar-refractivity contribution in [2.75, 3.05) is 51.2 Å². The number of aliphatic imine (C=N–C) groups is 1. The number of nitrogens with zero attached hydrogens (tertiary/aromatic N) is 8. The van der Waals surface area contributed by atoms with Crippen molar-refractivity contribution >= 4 is 51.7 Å². The van der Waals surface area contributed by atoms with E-state index >= 15 is 0 Å². The fourth-order valence-electron chi connectivity index (χ4n) is 9.19. The fraction of sp³-hybridized carbons (Fsp3) is 0.590. The van der Waals surface area contributed by atoms with Crippen LogP contribution in [0.1, 0.15) is 53.0 Å². The van der Waals surface area contributed by atoms with Gasteiger partial charge >= 0.3 is 0 Å². The number of hydrogen-bond donors (Lipinski definition) is 1. The number of aryl methyl sites for hydroxylation is 1. The predicted octanol–water partition coefficient (Wildman–Crippen LogP) is 6.22. The number of fused-ring (bicyclic) bond motifs is 3. The van der Waals surface area contributed by atoms with Gasteiger partial charge in [-0.1, -0.05) is 50.0 Å². The zero-order valence-corrected chi connectivity index (χ0v) is 32.3. The van der Waals surface area contributed by atoms with Crippen molar-refractivity contribution < 1.29 is 0 Å². The quantitative estimate of drug-likeness (QED) is 0.182. The van der Waals surface area contributed by atoms with Gasteiger partial charge in [-0.2, -0.15) is 5.26 Å². The van der Waals surface area contributed by atoms with E-state index in [0.717, 1.165) is 49.8 Å². The van der Waals surface area contributed by atoms with Crippen molar-refractivity contribution in [2.45, 2.75) is 78.6 Å². The molecular weight excluding hydrogens is 681 g/mol. The number of nitriles is 1. The third kappa shape index (κ3) is 6.90. The molecule has 2 saturated heterocycles. The molecule has 272 valence electrons. The van der Waals surface area contributed by atoms with Gasteiger partial charge in [-0.15, -0.1) is 0 Å². The van der Waals surface area contributed by atoms with E-state index in [4.69, 9.17) is 33.2 Å². The molecular formula is C39H51Cl2N9O. The van der Waals surface area contributed by atoms with Crippen LogP contribution in [0.25, 0.3) is 10.9 Å². The van der Waals surface area contributed by atoms with E-state index in [2.05, 4.69) is 67.9 Å². The minimum Gasteiger partial charge on any atom is -0.353 e. The molecule has 51 heavy (non-hydrogen) atoms. The lowest BCUT2D eigenvalue weighted by Gasteiger charge is -2.62. The zero-order valence-electron chi connectivity index (χ0n) is 30.7. The van der Waals surface area contributed by atoms with Crippen molar-refractivity contribution in [3.05, 3.63) is 62.4 Å². The number of rotatable bonds is 6. The standard InChI is InChI=1S/C39H51Cl2N9O/c1-24-21-48(22-25(2)50(24)23-42)37(44-34-18-28-17-32(26(34)3)39(28,4)5)43-30-9-10-31-35(20-30)45-38(47-15-13-46(6)14-16-47)49(36(31)51)12-11-27-7-8-29(40)19-33(27)41/h7-10,19-20,24-26,28,32,34H,11-18,21-22H2,1-6H3,(H,43,44)/t24-,25+,26-,28-,32-,34+/m1/s1. The highest BCUT2D eigenvalue weighted by atomic mass is 35.5. The Morgan fingerprint density at radius 2 is 1.76 bits per heavy atom. The van der Waals surface area contributed by atoms with Crippen LogP contribution < -0.4 is 15.8 Å². The van der Waals surface area contributed by atoms with Gasteiger partial charge in [0.25, 0.3) is 5.56 Å². The highest BCUT2D eigenvalue weighted by Crippen LogP contribution is 2.61. The molecule has 5 fully saturated rings. The first-order chi connectivity index (χ1) is 24.3. The molecule has 3 aliphatic carbocycles. The van der Waals surface area contributed by atoms with Crippen molar-refractivity contribution in [3.8, 4) is 6.19 Å². The van der Waals surface area contributed by atoms with Crippen LogP contribution >= 0.6 is 23.2 Å². The Balaban J connectivity index is 1.25. The lowest BCUT2D eigenvalue weighted by Crippen LogP contribution is -2.64. The molecule has 0 amide bonds. The van der Waals surface area contributed by atoms with Crippen LogP contribution in [-0.2, 0) is 13.0 Å². The summed E-state index contributed by atoms with van der Waals surface area (Å²) in [5.41, 5.74) is 2.65. The van der Waals surface area contributed by atoms with Gasteiger partial charge < -0.3 is 24.9 Å². The van der Waals surface area contributed by atoms with E-state index in [9.17, 15) is 10.1 Å². The fourth-order valence-corrected chi connectivity index (χ4v) is 9.69. The smallest absolute Gasteiger partial charge is 0.262 e. The second kappa shape index (κ2) is 14.1. The zero-order chi connectivity index (χ0) is 36.2. The number of halogens is 2. The molecule has 8 rings (SSSR count). The van der Waals surface area contributed by atoms with Crippen molar-refractivity contribution in [1.29, 1.82) is 5.26 Å². The summed E-state index contributed by atoms with van der Waals surface area (Å²) in [5, 5.41) is 15.5. The van der Waals surface area contributed by atoms with Crippen molar-refractivity contribution in [1.82, 2.24) is 29.6 Å². The summed E-state index contributed by atoms with van der Waals surface area (Å²) >= 11 is 12.7. The lowest BCUT2D eigenvalue weighted by atomic mass is 9.45. The van der Waals surface area contributed by atoms with Gasteiger partial charge in [0.2, 0.25) is 5.95 Å². The normalized spacial score (nSPS) is 28.1. The van der Waals surface area contributed by atoms with Crippen LogP contribution in [0.4, 0.5) is 11.6 Å². The molecule has 2 bridgehead atoms. The number of piperazine rings is 2. The molecule has 0 unspecified atom stereocenters. The van der Waals surface area contributed by atoms with E-state index in [1.807, 2.05) is 39.8 Å². The summed E-state index contributed by atoms with van der Waals surface area (Å²) in [6.45, 7) is 16.7. The minimum absolute atomic E-state index is 0.0625. The molecule has 2 aliphatic heterocycles. The first kappa shape index (κ1) is 35.9. The highest BCUT2D eigenvalue weighted by Gasteiger charge is 2.56. The van der Waals surface area contributed by atoms with Crippen LogP contribution in [0.2, 0.25) is 10.0 Å². The Morgan fingerprint density at radius 1 is 1.04 bits per heavy atom. The highest BCUT2D eigenvalue weighted by molar-refractivity contribution is 6.35. The molecule has 3 heterocycles. The van der Waals surface area contributed by atoms with Gasteiger partial charge in [-0.3, -0.25) is 9.36 Å². The maximum atomic E-state index is 14.3. The Labute approximate surface area is 312 Å². The average molecular weight is 733 g/mol. The summed E-state index contributed by atoms with van der Waals surface area (Å²) in [6.07, 6.45) is 5.41. The minimum atomic E-state index is -0.0685. The third-order valence-electron chi connectivity index (χ3n) is 12.6. The van der Waals surface area contributed by atoms with E-state index in [-0.39, 0.29) is 17.6 Å². The Hall–Kier alpha value is -3.52. The Morgan fingerprint density at radius 3 is 2.41 bits per heavy atom. The van der Waals surface area contributed by atoms with E-state index in [1.54, 1.807) is 6.07 Å². The first-order valence-electron chi connectivity index (χ1n) is 18.5. The average Bonchev–Trinajstić information content (AvgIpc) is 3.09. The van der Waals surface area contributed by atoms with Crippen LogP contribution in [0.3, 0.4) is 0 Å². The molecule has 5 aliphatic rings. The molecule has 12 heteroatoms. The number of anilines is 1. The number of guanidine groups is 1. The number of likely N-dealkylation sites (N-methyl/N-ethyl adjacent to an activating group) is 1. The second-order valence-corrected chi connectivity index (χ2v) is 16.9. The largest absolute Gasteiger partial charge is 0.353 e. The first-order valence-corrected chi connectivity index (χ1v) is 19.3. The molecule has 6 atom stereocenters. The number of hydrogen-bond acceptors (Lipinski definition) is 7. The van der Waals surface area contributed by atoms with Gasteiger partial charge in [0.05, 0.1) is 28.7 Å². The number of aromatic nitrogens is 2. The molecule has 3 saturated carbocycles. The van der Waals surface area contributed by atoms with Crippen molar-refractivity contribution in [2.24, 2.45) is 28.2 Å².